The molecule has 2 N–H and O–H groups in total. The fourth-order valence-electron chi connectivity index (χ4n) is 1.24. The van der Waals surface area contributed by atoms with Crippen molar-refractivity contribution in [2.75, 3.05) is 17.7 Å². The Labute approximate surface area is 90.1 Å². The summed E-state index contributed by atoms with van der Waals surface area (Å²) < 4.78 is 0. The molecular weight excluding hydrogens is 190 g/mol. The van der Waals surface area contributed by atoms with Crippen LogP contribution in [0.25, 0.3) is 0 Å². The van der Waals surface area contributed by atoms with Crippen molar-refractivity contribution in [3.8, 4) is 0 Å². The van der Waals surface area contributed by atoms with E-state index in [4.69, 9.17) is 5.73 Å². The Morgan fingerprint density at radius 1 is 1.53 bits per heavy atom. The van der Waals surface area contributed by atoms with Crippen molar-refractivity contribution in [1.82, 2.24) is 4.98 Å². The van der Waals surface area contributed by atoms with Crippen LogP contribution >= 0.6 is 0 Å². The Morgan fingerprint density at radius 3 is 2.80 bits per heavy atom. The summed E-state index contributed by atoms with van der Waals surface area (Å²) in [5.41, 5.74) is 6.25. The third kappa shape index (κ3) is 3.23. The van der Waals surface area contributed by atoms with Crippen molar-refractivity contribution in [2.24, 2.45) is 0 Å². The molecule has 0 aromatic carbocycles. The van der Waals surface area contributed by atoms with Crippen LogP contribution < -0.4 is 10.6 Å². The zero-order valence-corrected chi connectivity index (χ0v) is 9.23. The van der Waals surface area contributed by atoms with E-state index in [0.717, 1.165) is 18.5 Å². The molecule has 15 heavy (non-hydrogen) atoms. The minimum atomic E-state index is 0.114. The van der Waals surface area contributed by atoms with Gasteiger partial charge in [0.2, 0.25) is 5.91 Å². The second-order valence-electron chi connectivity index (χ2n) is 3.50. The van der Waals surface area contributed by atoms with E-state index < -0.39 is 0 Å². The minimum absolute atomic E-state index is 0.114. The maximum atomic E-state index is 11.7. The van der Waals surface area contributed by atoms with Crippen LogP contribution in [0.15, 0.2) is 18.3 Å². The summed E-state index contributed by atoms with van der Waals surface area (Å²) in [5.74, 6) is 0.580. The van der Waals surface area contributed by atoms with Gasteiger partial charge >= 0.3 is 0 Å². The second-order valence-corrected chi connectivity index (χ2v) is 3.50. The van der Waals surface area contributed by atoms with Gasteiger partial charge < -0.3 is 10.6 Å². The molecule has 1 amide bonds. The molecule has 0 radical (unpaired) electrons. The Morgan fingerprint density at radius 2 is 2.27 bits per heavy atom. The van der Waals surface area contributed by atoms with Gasteiger partial charge in [0.15, 0.2) is 0 Å². The number of nitrogens with zero attached hydrogens (tertiary/aromatic N) is 2. The highest BCUT2D eigenvalue weighted by atomic mass is 16.2. The standard InChI is InChI=1S/C11H17N3O/c1-3-4-5-11(15)14(2)9-6-7-10(12)13-8-9/h6-8H,3-5H2,1-2H3,(H2,12,13). The van der Waals surface area contributed by atoms with E-state index in [1.807, 2.05) is 0 Å². The molecule has 0 aliphatic rings. The zero-order chi connectivity index (χ0) is 11.3. The molecule has 0 saturated carbocycles. The summed E-state index contributed by atoms with van der Waals surface area (Å²) in [6, 6.07) is 3.49. The van der Waals surface area contributed by atoms with Gasteiger partial charge in [0.25, 0.3) is 0 Å². The van der Waals surface area contributed by atoms with Crippen LogP contribution in [0.5, 0.6) is 0 Å². The van der Waals surface area contributed by atoms with E-state index in [1.54, 1.807) is 30.3 Å². The number of carbonyl (C=O) groups is 1. The van der Waals surface area contributed by atoms with Crippen LogP contribution in [0.3, 0.4) is 0 Å². The molecule has 0 saturated heterocycles. The number of aromatic nitrogens is 1. The number of rotatable bonds is 4. The predicted molar refractivity (Wildman–Crippen MR) is 61.6 cm³/mol. The molecule has 0 spiro atoms. The van der Waals surface area contributed by atoms with Crippen LogP contribution in [0.4, 0.5) is 11.5 Å². The van der Waals surface area contributed by atoms with Crippen molar-refractivity contribution in [3.63, 3.8) is 0 Å². The number of nitrogens with two attached hydrogens (primary N) is 1. The summed E-state index contributed by atoms with van der Waals surface area (Å²) >= 11 is 0. The third-order valence-corrected chi connectivity index (χ3v) is 2.28. The maximum absolute atomic E-state index is 11.7. The van der Waals surface area contributed by atoms with Crippen LogP contribution in [0, 0.1) is 0 Å². The molecule has 1 heterocycles. The lowest BCUT2D eigenvalue weighted by Gasteiger charge is -2.16. The molecule has 4 nitrogen and oxygen atoms in total. The number of carbonyl (C=O) groups excluding carboxylic acids is 1. The highest BCUT2D eigenvalue weighted by molar-refractivity contribution is 5.92. The van der Waals surface area contributed by atoms with Gasteiger partial charge in [-0.05, 0) is 18.6 Å². The SMILES string of the molecule is CCCCC(=O)N(C)c1ccc(N)nc1. The largest absolute Gasteiger partial charge is 0.384 e. The van der Waals surface area contributed by atoms with Gasteiger partial charge in [-0.15, -0.1) is 0 Å². The summed E-state index contributed by atoms with van der Waals surface area (Å²) in [6.45, 7) is 2.07. The van der Waals surface area contributed by atoms with Gasteiger partial charge in [-0.25, -0.2) is 4.98 Å². The van der Waals surface area contributed by atoms with E-state index in [2.05, 4.69) is 11.9 Å². The first-order valence-electron chi connectivity index (χ1n) is 5.13. The molecule has 0 atom stereocenters. The molecule has 1 rings (SSSR count). The molecular formula is C11H17N3O. The Kier molecular flexibility index (Phi) is 4.09. The molecule has 82 valence electrons. The average molecular weight is 207 g/mol. The van der Waals surface area contributed by atoms with Crippen molar-refractivity contribution in [3.05, 3.63) is 18.3 Å². The first kappa shape index (κ1) is 11.5. The number of nitrogen functional groups attached to an aromatic ring is 1. The van der Waals surface area contributed by atoms with Crippen molar-refractivity contribution >= 4 is 17.4 Å². The molecule has 0 aliphatic heterocycles. The lowest BCUT2D eigenvalue weighted by atomic mass is 10.2. The van der Waals surface area contributed by atoms with Gasteiger partial charge in [-0.3, -0.25) is 4.79 Å². The van der Waals surface area contributed by atoms with Crippen LogP contribution in [-0.4, -0.2) is 17.9 Å². The molecule has 0 unspecified atom stereocenters. The van der Waals surface area contributed by atoms with E-state index >= 15 is 0 Å². The number of pyridine rings is 1. The van der Waals surface area contributed by atoms with Gasteiger partial charge in [-0.1, -0.05) is 13.3 Å². The number of unbranched alkanes of at least 4 members (excludes halogenated alkanes) is 1. The highest BCUT2D eigenvalue weighted by Crippen LogP contribution is 2.13. The quantitative estimate of drug-likeness (QED) is 0.819. The third-order valence-electron chi connectivity index (χ3n) is 2.28. The molecule has 1 aromatic rings. The zero-order valence-electron chi connectivity index (χ0n) is 9.23. The number of anilines is 2. The van der Waals surface area contributed by atoms with E-state index in [-0.39, 0.29) is 5.91 Å². The maximum Gasteiger partial charge on any atom is 0.226 e. The fraction of sp³-hybridized carbons (Fsp3) is 0.455. The van der Waals surface area contributed by atoms with Crippen molar-refractivity contribution in [2.45, 2.75) is 26.2 Å². The summed E-state index contributed by atoms with van der Waals surface area (Å²) in [4.78, 5) is 17.2. The van der Waals surface area contributed by atoms with Crippen molar-refractivity contribution in [1.29, 1.82) is 0 Å². The minimum Gasteiger partial charge on any atom is -0.384 e. The number of hydrogen-bond donors (Lipinski definition) is 1. The highest BCUT2D eigenvalue weighted by Gasteiger charge is 2.09. The normalized spacial score (nSPS) is 10.0. The van der Waals surface area contributed by atoms with Gasteiger partial charge in [0, 0.05) is 13.5 Å². The average Bonchev–Trinajstić information content (AvgIpc) is 2.26. The molecule has 0 fully saturated rings. The van der Waals surface area contributed by atoms with Crippen LogP contribution in [0.1, 0.15) is 26.2 Å². The van der Waals surface area contributed by atoms with Gasteiger partial charge in [-0.2, -0.15) is 0 Å². The second kappa shape index (κ2) is 5.34. The van der Waals surface area contributed by atoms with Crippen LogP contribution in [-0.2, 0) is 4.79 Å². The molecule has 1 aromatic heterocycles. The summed E-state index contributed by atoms with van der Waals surface area (Å²) in [5, 5.41) is 0. The Hall–Kier alpha value is -1.58. The molecule has 0 bridgehead atoms. The Bertz CT molecular complexity index is 321. The Balaban J connectivity index is 2.63. The fourth-order valence-corrected chi connectivity index (χ4v) is 1.24. The lowest BCUT2D eigenvalue weighted by molar-refractivity contribution is -0.118. The lowest BCUT2D eigenvalue weighted by Crippen LogP contribution is -2.25. The van der Waals surface area contributed by atoms with Gasteiger partial charge in [0.05, 0.1) is 11.9 Å². The number of hydrogen-bond acceptors (Lipinski definition) is 3. The van der Waals surface area contributed by atoms with Crippen LogP contribution in [0.2, 0.25) is 0 Å². The monoisotopic (exact) mass is 207 g/mol. The van der Waals surface area contributed by atoms with E-state index in [1.165, 1.54) is 0 Å². The first-order valence-corrected chi connectivity index (χ1v) is 5.13. The van der Waals surface area contributed by atoms with E-state index in [0.29, 0.717) is 12.2 Å². The van der Waals surface area contributed by atoms with E-state index in [9.17, 15) is 4.79 Å². The topological polar surface area (TPSA) is 59.2 Å². The first-order chi connectivity index (χ1) is 7.15. The van der Waals surface area contributed by atoms with Gasteiger partial charge in [0.1, 0.15) is 5.82 Å². The van der Waals surface area contributed by atoms with Crippen molar-refractivity contribution < 1.29 is 4.79 Å². The predicted octanol–water partition coefficient (Wildman–Crippen LogP) is 1.82. The molecule has 0 aliphatic carbocycles. The summed E-state index contributed by atoms with van der Waals surface area (Å²) in [7, 11) is 1.76. The molecule has 4 heteroatoms. The smallest absolute Gasteiger partial charge is 0.226 e. The summed E-state index contributed by atoms with van der Waals surface area (Å²) in [6.07, 6.45) is 4.14. The number of amides is 1.